The van der Waals surface area contributed by atoms with Gasteiger partial charge >= 0.3 is 0 Å². The zero-order valence-electron chi connectivity index (χ0n) is 9.61. The maximum absolute atomic E-state index is 12.8. The Morgan fingerprint density at radius 2 is 2.06 bits per heavy atom. The third-order valence-electron chi connectivity index (χ3n) is 2.71. The molecule has 1 atom stereocenters. The lowest BCUT2D eigenvalue weighted by atomic mass is 10.0. The standard InChI is InChI=1S/C13H15FN2O/c1-9-6-11(8-17-9)13(16-15)7-10-2-4-12(14)5-3-10/h2-6,8,13,16H,7,15H2,1H3. The van der Waals surface area contributed by atoms with Crippen molar-refractivity contribution in [2.45, 2.75) is 19.4 Å². The molecule has 3 N–H and O–H groups in total. The van der Waals surface area contributed by atoms with Crippen LogP contribution in [0.1, 0.15) is 22.9 Å². The summed E-state index contributed by atoms with van der Waals surface area (Å²) in [6, 6.07) is 8.32. The van der Waals surface area contributed by atoms with Crippen molar-refractivity contribution < 1.29 is 8.81 Å². The van der Waals surface area contributed by atoms with Crippen LogP contribution in [0.4, 0.5) is 4.39 Å². The highest BCUT2D eigenvalue weighted by molar-refractivity contribution is 5.22. The first kappa shape index (κ1) is 11.8. The average Bonchev–Trinajstić information content (AvgIpc) is 2.75. The number of benzene rings is 1. The van der Waals surface area contributed by atoms with E-state index in [1.54, 1.807) is 18.4 Å². The Morgan fingerprint density at radius 1 is 1.35 bits per heavy atom. The molecule has 0 aliphatic carbocycles. The quantitative estimate of drug-likeness (QED) is 0.631. The zero-order chi connectivity index (χ0) is 12.3. The van der Waals surface area contributed by atoms with Gasteiger partial charge < -0.3 is 4.42 Å². The SMILES string of the molecule is Cc1cc(C(Cc2ccc(F)cc2)NN)co1. The molecule has 0 radical (unpaired) electrons. The van der Waals surface area contributed by atoms with Gasteiger partial charge in [-0.2, -0.15) is 0 Å². The minimum Gasteiger partial charge on any atom is -0.469 e. The van der Waals surface area contributed by atoms with Crippen molar-refractivity contribution in [3.05, 3.63) is 59.3 Å². The van der Waals surface area contributed by atoms with Crippen molar-refractivity contribution in [2.75, 3.05) is 0 Å². The van der Waals surface area contributed by atoms with Gasteiger partial charge in [0.25, 0.3) is 0 Å². The van der Waals surface area contributed by atoms with Gasteiger partial charge in [0.2, 0.25) is 0 Å². The number of nitrogens with two attached hydrogens (primary N) is 1. The van der Waals surface area contributed by atoms with E-state index >= 15 is 0 Å². The highest BCUT2D eigenvalue weighted by Gasteiger charge is 2.12. The topological polar surface area (TPSA) is 51.2 Å². The van der Waals surface area contributed by atoms with Gasteiger partial charge in [-0.3, -0.25) is 11.3 Å². The number of hydrazine groups is 1. The van der Waals surface area contributed by atoms with Crippen molar-refractivity contribution in [2.24, 2.45) is 5.84 Å². The van der Waals surface area contributed by atoms with Crippen LogP contribution < -0.4 is 11.3 Å². The molecule has 0 saturated heterocycles. The molecule has 2 aromatic rings. The van der Waals surface area contributed by atoms with Crippen LogP contribution in [0.15, 0.2) is 41.0 Å². The molecule has 0 spiro atoms. The first-order chi connectivity index (χ1) is 8.19. The summed E-state index contributed by atoms with van der Waals surface area (Å²) in [4.78, 5) is 0. The third kappa shape index (κ3) is 2.93. The molecule has 1 aromatic carbocycles. The smallest absolute Gasteiger partial charge is 0.123 e. The van der Waals surface area contributed by atoms with Gasteiger partial charge in [0.1, 0.15) is 11.6 Å². The maximum atomic E-state index is 12.8. The summed E-state index contributed by atoms with van der Waals surface area (Å²) in [6.07, 6.45) is 2.37. The molecule has 1 aromatic heterocycles. The molecule has 2 rings (SSSR count). The van der Waals surface area contributed by atoms with E-state index in [9.17, 15) is 4.39 Å². The Labute approximate surface area is 99.4 Å². The van der Waals surface area contributed by atoms with Gasteiger partial charge in [-0.25, -0.2) is 4.39 Å². The highest BCUT2D eigenvalue weighted by Crippen LogP contribution is 2.20. The van der Waals surface area contributed by atoms with Crippen LogP contribution in [0.25, 0.3) is 0 Å². The van der Waals surface area contributed by atoms with Crippen LogP contribution in [-0.2, 0) is 6.42 Å². The van der Waals surface area contributed by atoms with E-state index in [-0.39, 0.29) is 11.9 Å². The van der Waals surface area contributed by atoms with Crippen molar-refractivity contribution in [3.8, 4) is 0 Å². The Kier molecular flexibility index (Phi) is 3.56. The Morgan fingerprint density at radius 3 is 2.59 bits per heavy atom. The largest absolute Gasteiger partial charge is 0.469 e. The van der Waals surface area contributed by atoms with Gasteiger partial charge in [0.05, 0.1) is 12.3 Å². The Hall–Kier alpha value is -1.65. The second-order valence-electron chi connectivity index (χ2n) is 4.04. The second kappa shape index (κ2) is 5.12. The predicted octanol–water partition coefficient (Wildman–Crippen LogP) is 2.47. The van der Waals surface area contributed by atoms with Gasteiger partial charge in [0, 0.05) is 5.56 Å². The Bertz CT molecular complexity index is 478. The minimum atomic E-state index is -0.231. The lowest BCUT2D eigenvalue weighted by Gasteiger charge is -2.13. The molecular weight excluding hydrogens is 219 g/mol. The molecule has 1 heterocycles. The van der Waals surface area contributed by atoms with Gasteiger partial charge in [-0.05, 0) is 37.1 Å². The van der Waals surface area contributed by atoms with Crippen LogP contribution in [0.3, 0.4) is 0 Å². The summed E-state index contributed by atoms with van der Waals surface area (Å²) >= 11 is 0. The fourth-order valence-electron chi connectivity index (χ4n) is 1.78. The van der Waals surface area contributed by atoms with E-state index in [4.69, 9.17) is 10.3 Å². The lowest BCUT2D eigenvalue weighted by Crippen LogP contribution is -2.29. The molecule has 0 aliphatic heterocycles. The van der Waals surface area contributed by atoms with E-state index in [0.29, 0.717) is 6.42 Å². The molecule has 0 bridgehead atoms. The highest BCUT2D eigenvalue weighted by atomic mass is 19.1. The fourth-order valence-corrected chi connectivity index (χ4v) is 1.78. The summed E-state index contributed by atoms with van der Waals surface area (Å²) in [5.74, 6) is 6.14. The summed E-state index contributed by atoms with van der Waals surface area (Å²) in [6.45, 7) is 1.88. The molecule has 0 aliphatic rings. The molecule has 0 saturated carbocycles. The number of rotatable bonds is 4. The third-order valence-corrected chi connectivity index (χ3v) is 2.71. The number of aryl methyl sites for hydroxylation is 1. The molecule has 90 valence electrons. The summed E-state index contributed by atoms with van der Waals surface area (Å²) in [7, 11) is 0. The molecule has 0 amide bonds. The first-order valence-electron chi connectivity index (χ1n) is 5.44. The molecule has 4 heteroatoms. The van der Waals surface area contributed by atoms with Crippen LogP contribution in [0.2, 0.25) is 0 Å². The van der Waals surface area contributed by atoms with Gasteiger partial charge in [-0.15, -0.1) is 0 Å². The summed E-state index contributed by atoms with van der Waals surface area (Å²) in [5, 5.41) is 0. The zero-order valence-corrected chi connectivity index (χ0v) is 9.61. The predicted molar refractivity (Wildman–Crippen MR) is 63.6 cm³/mol. The van der Waals surface area contributed by atoms with Crippen molar-refractivity contribution in [1.82, 2.24) is 5.43 Å². The van der Waals surface area contributed by atoms with Crippen LogP contribution >= 0.6 is 0 Å². The van der Waals surface area contributed by atoms with Crippen molar-refractivity contribution in [1.29, 1.82) is 0 Å². The van der Waals surface area contributed by atoms with E-state index in [0.717, 1.165) is 16.9 Å². The number of hydrogen-bond acceptors (Lipinski definition) is 3. The number of furan rings is 1. The van der Waals surface area contributed by atoms with Crippen LogP contribution in [-0.4, -0.2) is 0 Å². The van der Waals surface area contributed by atoms with Crippen LogP contribution in [0, 0.1) is 12.7 Å². The minimum absolute atomic E-state index is 0.0297. The normalized spacial score (nSPS) is 12.6. The van der Waals surface area contributed by atoms with E-state index in [1.165, 1.54) is 12.1 Å². The van der Waals surface area contributed by atoms with Crippen molar-refractivity contribution >= 4 is 0 Å². The number of halogens is 1. The number of nitrogens with one attached hydrogen (secondary N) is 1. The lowest BCUT2D eigenvalue weighted by molar-refractivity contribution is 0.511. The summed E-state index contributed by atoms with van der Waals surface area (Å²) < 4.78 is 18.0. The van der Waals surface area contributed by atoms with Crippen LogP contribution in [0.5, 0.6) is 0 Å². The maximum Gasteiger partial charge on any atom is 0.123 e. The van der Waals surface area contributed by atoms with Gasteiger partial charge in [-0.1, -0.05) is 12.1 Å². The molecule has 3 nitrogen and oxygen atoms in total. The molecule has 0 fully saturated rings. The average molecular weight is 234 g/mol. The number of hydrogen-bond donors (Lipinski definition) is 2. The fraction of sp³-hybridized carbons (Fsp3) is 0.231. The van der Waals surface area contributed by atoms with Crippen molar-refractivity contribution in [3.63, 3.8) is 0 Å². The second-order valence-corrected chi connectivity index (χ2v) is 4.04. The molecular formula is C13H15FN2O. The van der Waals surface area contributed by atoms with E-state index in [2.05, 4.69) is 5.43 Å². The summed E-state index contributed by atoms with van der Waals surface area (Å²) in [5.41, 5.74) is 4.76. The molecule has 17 heavy (non-hydrogen) atoms. The van der Waals surface area contributed by atoms with E-state index in [1.807, 2.05) is 13.0 Å². The first-order valence-corrected chi connectivity index (χ1v) is 5.44. The van der Waals surface area contributed by atoms with E-state index < -0.39 is 0 Å². The molecule has 1 unspecified atom stereocenters. The van der Waals surface area contributed by atoms with Gasteiger partial charge in [0.15, 0.2) is 0 Å². The monoisotopic (exact) mass is 234 g/mol. The Balaban J connectivity index is 2.12.